The maximum Gasteiger partial charge on any atom is 0.161 e. The van der Waals surface area contributed by atoms with Gasteiger partial charge in [-0.15, -0.1) is 0 Å². The Morgan fingerprint density at radius 1 is 1.00 bits per heavy atom. The minimum Gasteiger partial charge on any atom is -0.493 e. The van der Waals surface area contributed by atoms with Crippen LogP contribution in [0.25, 0.3) is 10.8 Å². The molecule has 0 radical (unpaired) electrons. The molecule has 1 aliphatic rings. The van der Waals surface area contributed by atoms with Crippen molar-refractivity contribution in [1.29, 1.82) is 0 Å². The lowest BCUT2D eigenvalue weighted by molar-refractivity contribution is 0.309. The molecule has 4 rings (SSSR count). The first-order valence-corrected chi connectivity index (χ1v) is 8.86. The molecule has 1 heterocycles. The summed E-state index contributed by atoms with van der Waals surface area (Å²) in [7, 11) is 1.70. The van der Waals surface area contributed by atoms with Gasteiger partial charge >= 0.3 is 0 Å². The molecule has 0 bridgehead atoms. The van der Waals surface area contributed by atoms with E-state index in [1.807, 2.05) is 6.92 Å². The van der Waals surface area contributed by atoms with E-state index in [2.05, 4.69) is 59.9 Å². The molecule has 3 aromatic rings. The molecule has 0 spiro atoms. The minimum absolute atomic E-state index is 0.179. The molecule has 1 unspecified atom stereocenters. The molecule has 0 saturated carbocycles. The first-order valence-electron chi connectivity index (χ1n) is 8.86. The van der Waals surface area contributed by atoms with Gasteiger partial charge in [-0.25, -0.2) is 0 Å². The van der Waals surface area contributed by atoms with E-state index in [1.165, 1.54) is 27.5 Å². The van der Waals surface area contributed by atoms with Gasteiger partial charge < -0.3 is 14.8 Å². The van der Waals surface area contributed by atoms with Gasteiger partial charge in [0, 0.05) is 6.54 Å². The normalized spacial score (nSPS) is 16.5. The highest BCUT2D eigenvalue weighted by molar-refractivity contribution is 5.83. The van der Waals surface area contributed by atoms with E-state index < -0.39 is 0 Å². The number of ether oxygens (including phenoxy) is 2. The summed E-state index contributed by atoms with van der Waals surface area (Å²) in [5.74, 6) is 1.64. The van der Waals surface area contributed by atoms with Crippen molar-refractivity contribution in [2.24, 2.45) is 0 Å². The highest BCUT2D eigenvalue weighted by Gasteiger charge is 2.24. The maximum absolute atomic E-state index is 5.80. The number of benzene rings is 3. The van der Waals surface area contributed by atoms with E-state index in [9.17, 15) is 0 Å². The molecule has 1 N–H and O–H groups in total. The summed E-state index contributed by atoms with van der Waals surface area (Å²) < 4.78 is 11.3. The molecule has 0 saturated heterocycles. The first-order chi connectivity index (χ1) is 12.3. The molecule has 3 aromatic carbocycles. The third-order valence-electron chi connectivity index (χ3n) is 4.89. The van der Waals surface area contributed by atoms with Crippen LogP contribution in [0.15, 0.2) is 54.6 Å². The standard InChI is InChI=1S/C22H23NO2/c1-3-25-21-14-19-17(13-20(21)24-2)10-11-23-22(19)18-9-8-15-6-4-5-7-16(15)12-18/h4-9,12-14,22-23H,3,10-11H2,1-2H3. The van der Waals surface area contributed by atoms with Crippen LogP contribution in [0.4, 0.5) is 0 Å². The van der Waals surface area contributed by atoms with Gasteiger partial charge in [-0.3, -0.25) is 0 Å². The second-order valence-corrected chi connectivity index (χ2v) is 6.38. The molecule has 1 atom stereocenters. The van der Waals surface area contributed by atoms with Crippen LogP contribution in [-0.2, 0) is 6.42 Å². The van der Waals surface area contributed by atoms with Gasteiger partial charge in [-0.1, -0.05) is 36.4 Å². The van der Waals surface area contributed by atoms with Crippen molar-refractivity contribution in [3.8, 4) is 11.5 Å². The van der Waals surface area contributed by atoms with Crippen LogP contribution in [0.3, 0.4) is 0 Å². The van der Waals surface area contributed by atoms with Crippen molar-refractivity contribution in [2.45, 2.75) is 19.4 Å². The monoisotopic (exact) mass is 333 g/mol. The summed E-state index contributed by atoms with van der Waals surface area (Å²) in [4.78, 5) is 0. The van der Waals surface area contributed by atoms with E-state index in [0.717, 1.165) is 24.5 Å². The number of methoxy groups -OCH3 is 1. The fourth-order valence-corrected chi connectivity index (χ4v) is 3.68. The average Bonchev–Trinajstić information content (AvgIpc) is 2.67. The van der Waals surface area contributed by atoms with Gasteiger partial charge in [0.25, 0.3) is 0 Å². The van der Waals surface area contributed by atoms with Gasteiger partial charge in [0.2, 0.25) is 0 Å². The fourth-order valence-electron chi connectivity index (χ4n) is 3.68. The van der Waals surface area contributed by atoms with Crippen molar-refractivity contribution < 1.29 is 9.47 Å². The molecule has 25 heavy (non-hydrogen) atoms. The molecule has 3 heteroatoms. The maximum atomic E-state index is 5.80. The van der Waals surface area contributed by atoms with Crippen molar-refractivity contribution >= 4 is 10.8 Å². The Morgan fingerprint density at radius 3 is 2.64 bits per heavy atom. The molecule has 128 valence electrons. The van der Waals surface area contributed by atoms with Crippen LogP contribution < -0.4 is 14.8 Å². The molecule has 0 aliphatic carbocycles. The summed E-state index contributed by atoms with van der Waals surface area (Å²) in [6, 6.07) is 19.7. The Kier molecular flexibility index (Phi) is 4.33. The smallest absolute Gasteiger partial charge is 0.161 e. The van der Waals surface area contributed by atoms with Crippen LogP contribution >= 0.6 is 0 Å². The summed E-state index contributed by atoms with van der Waals surface area (Å²) in [5, 5.41) is 6.21. The largest absolute Gasteiger partial charge is 0.493 e. The van der Waals surface area contributed by atoms with Gasteiger partial charge in [-0.2, -0.15) is 0 Å². The highest BCUT2D eigenvalue weighted by Crippen LogP contribution is 2.38. The quantitative estimate of drug-likeness (QED) is 0.763. The van der Waals surface area contributed by atoms with Gasteiger partial charge in [0.1, 0.15) is 0 Å². The zero-order valence-electron chi connectivity index (χ0n) is 14.7. The van der Waals surface area contributed by atoms with E-state index in [0.29, 0.717) is 6.61 Å². The minimum atomic E-state index is 0.179. The first kappa shape index (κ1) is 16.0. The molecular weight excluding hydrogens is 310 g/mol. The zero-order valence-corrected chi connectivity index (χ0v) is 14.7. The van der Waals surface area contributed by atoms with Gasteiger partial charge in [0.15, 0.2) is 11.5 Å². The molecule has 0 amide bonds. The number of hydrogen-bond donors (Lipinski definition) is 1. The topological polar surface area (TPSA) is 30.5 Å². The van der Waals surface area contributed by atoms with Crippen LogP contribution in [0.2, 0.25) is 0 Å². The predicted molar refractivity (Wildman–Crippen MR) is 102 cm³/mol. The second-order valence-electron chi connectivity index (χ2n) is 6.38. The summed E-state index contributed by atoms with van der Waals surface area (Å²) in [5.41, 5.74) is 3.90. The Labute approximate surface area is 148 Å². The summed E-state index contributed by atoms with van der Waals surface area (Å²) >= 11 is 0. The van der Waals surface area contributed by atoms with Crippen molar-refractivity contribution in [3.05, 3.63) is 71.3 Å². The third-order valence-corrected chi connectivity index (χ3v) is 4.89. The molecular formula is C22H23NO2. The van der Waals surface area contributed by atoms with Gasteiger partial charge in [-0.05, 0) is 59.0 Å². The lowest BCUT2D eigenvalue weighted by Crippen LogP contribution is -2.30. The third kappa shape index (κ3) is 2.96. The lowest BCUT2D eigenvalue weighted by Gasteiger charge is -2.29. The Bertz CT molecular complexity index is 904. The van der Waals surface area contributed by atoms with E-state index in [-0.39, 0.29) is 6.04 Å². The predicted octanol–water partition coefficient (Wildman–Crippen LogP) is 4.48. The Hall–Kier alpha value is -2.52. The van der Waals surface area contributed by atoms with Crippen LogP contribution in [-0.4, -0.2) is 20.3 Å². The van der Waals surface area contributed by atoms with Crippen molar-refractivity contribution in [3.63, 3.8) is 0 Å². The second kappa shape index (κ2) is 6.77. The Balaban J connectivity index is 1.80. The molecule has 0 fully saturated rings. The average molecular weight is 333 g/mol. The number of fused-ring (bicyclic) bond motifs is 2. The van der Waals surface area contributed by atoms with Crippen LogP contribution in [0.1, 0.15) is 29.7 Å². The molecule has 3 nitrogen and oxygen atoms in total. The molecule has 0 aromatic heterocycles. The summed E-state index contributed by atoms with van der Waals surface area (Å²) in [6.45, 7) is 3.59. The summed E-state index contributed by atoms with van der Waals surface area (Å²) in [6.07, 6.45) is 1.00. The van der Waals surface area contributed by atoms with E-state index in [4.69, 9.17) is 9.47 Å². The Morgan fingerprint density at radius 2 is 1.84 bits per heavy atom. The van der Waals surface area contributed by atoms with Crippen molar-refractivity contribution in [2.75, 3.05) is 20.3 Å². The highest BCUT2D eigenvalue weighted by atomic mass is 16.5. The number of nitrogens with one attached hydrogen (secondary N) is 1. The lowest BCUT2D eigenvalue weighted by atomic mass is 9.88. The number of rotatable bonds is 4. The SMILES string of the molecule is CCOc1cc2c(cc1OC)CCNC2c1ccc2ccccc2c1. The van der Waals surface area contributed by atoms with Crippen LogP contribution in [0.5, 0.6) is 11.5 Å². The fraction of sp³-hybridized carbons (Fsp3) is 0.273. The molecule has 1 aliphatic heterocycles. The van der Waals surface area contributed by atoms with E-state index in [1.54, 1.807) is 7.11 Å². The van der Waals surface area contributed by atoms with E-state index >= 15 is 0 Å². The van der Waals surface area contributed by atoms with Crippen molar-refractivity contribution in [1.82, 2.24) is 5.32 Å². The van der Waals surface area contributed by atoms with Crippen LogP contribution in [0, 0.1) is 0 Å². The zero-order chi connectivity index (χ0) is 17.2. The van der Waals surface area contributed by atoms with Gasteiger partial charge in [0.05, 0.1) is 19.8 Å². The number of hydrogen-bond acceptors (Lipinski definition) is 3.